The second kappa shape index (κ2) is 9.87. The van der Waals surface area contributed by atoms with Crippen molar-refractivity contribution < 1.29 is 4.79 Å². The molecule has 0 bridgehead atoms. The van der Waals surface area contributed by atoms with E-state index in [2.05, 4.69) is 20.4 Å². The minimum absolute atomic E-state index is 0.0915. The summed E-state index contributed by atoms with van der Waals surface area (Å²) >= 11 is 0. The van der Waals surface area contributed by atoms with Gasteiger partial charge in [-0.1, -0.05) is 43.2 Å². The van der Waals surface area contributed by atoms with Crippen molar-refractivity contribution in [2.24, 2.45) is 0 Å². The van der Waals surface area contributed by atoms with Crippen molar-refractivity contribution in [2.45, 2.75) is 45.6 Å². The average Bonchev–Trinajstić information content (AvgIpc) is 3.08. The highest BCUT2D eigenvalue weighted by molar-refractivity contribution is 5.75. The van der Waals surface area contributed by atoms with Gasteiger partial charge in [-0.15, -0.1) is 0 Å². The van der Waals surface area contributed by atoms with Crippen molar-refractivity contribution >= 4 is 11.4 Å². The van der Waals surface area contributed by atoms with Crippen molar-refractivity contribution in [3.05, 3.63) is 52.6 Å². The van der Waals surface area contributed by atoms with Crippen LogP contribution in [0.4, 0.5) is 0 Å². The lowest BCUT2D eigenvalue weighted by Crippen LogP contribution is -2.36. The Morgan fingerprint density at radius 3 is 2.55 bits per heavy atom. The largest absolute Gasteiger partial charge is 0.354 e. The van der Waals surface area contributed by atoms with Crippen LogP contribution in [0.2, 0.25) is 0 Å². The van der Waals surface area contributed by atoms with Gasteiger partial charge in [-0.2, -0.15) is 10.2 Å². The highest BCUT2D eigenvalue weighted by Crippen LogP contribution is 2.18. The van der Waals surface area contributed by atoms with E-state index in [-0.39, 0.29) is 18.0 Å². The summed E-state index contributed by atoms with van der Waals surface area (Å²) in [5, 5.41) is 11.7. The second-order valence-corrected chi connectivity index (χ2v) is 8.16. The summed E-state index contributed by atoms with van der Waals surface area (Å²) < 4.78 is 2.77. The molecule has 0 atom stereocenters. The van der Waals surface area contributed by atoms with E-state index in [0.717, 1.165) is 31.6 Å². The van der Waals surface area contributed by atoms with Crippen LogP contribution in [0.5, 0.6) is 0 Å². The maximum absolute atomic E-state index is 12.9. The van der Waals surface area contributed by atoms with Crippen LogP contribution in [0.25, 0.3) is 16.8 Å². The fourth-order valence-electron chi connectivity index (χ4n) is 4.11. The maximum Gasteiger partial charge on any atom is 0.293 e. The Labute approximate surface area is 181 Å². The second-order valence-electron chi connectivity index (χ2n) is 8.16. The molecule has 1 amide bonds. The molecule has 164 valence electrons. The summed E-state index contributed by atoms with van der Waals surface area (Å²) in [6.45, 7) is 5.61. The van der Waals surface area contributed by atoms with E-state index < -0.39 is 0 Å². The molecular formula is C23H30N6O2. The van der Waals surface area contributed by atoms with Gasteiger partial charge in [0.15, 0.2) is 0 Å². The Balaban J connectivity index is 1.38. The van der Waals surface area contributed by atoms with Gasteiger partial charge in [0.1, 0.15) is 17.9 Å². The first-order chi connectivity index (χ1) is 15.1. The molecule has 3 aromatic rings. The summed E-state index contributed by atoms with van der Waals surface area (Å²) in [7, 11) is 0. The number of carbonyl (C=O) groups is 1. The minimum atomic E-state index is -0.319. The molecule has 0 radical (unpaired) electrons. The molecular weight excluding hydrogens is 392 g/mol. The molecule has 1 aliphatic heterocycles. The van der Waals surface area contributed by atoms with Crippen LogP contribution in [-0.4, -0.2) is 56.4 Å². The topological polar surface area (TPSA) is 84.5 Å². The highest BCUT2D eigenvalue weighted by Gasteiger charge is 2.15. The molecule has 0 spiro atoms. The number of aromatic nitrogens is 4. The minimum Gasteiger partial charge on any atom is -0.354 e. The third-order valence-electron chi connectivity index (χ3n) is 5.77. The van der Waals surface area contributed by atoms with Gasteiger partial charge in [-0.3, -0.25) is 9.59 Å². The van der Waals surface area contributed by atoms with E-state index in [4.69, 9.17) is 0 Å². The molecule has 3 heterocycles. The van der Waals surface area contributed by atoms with Gasteiger partial charge in [0.25, 0.3) is 5.56 Å². The summed E-state index contributed by atoms with van der Waals surface area (Å²) in [5.41, 5.74) is 1.73. The first-order valence-electron chi connectivity index (χ1n) is 11.1. The summed E-state index contributed by atoms with van der Waals surface area (Å²) in [5.74, 6) is 0.364. The van der Waals surface area contributed by atoms with Crippen LogP contribution < -0.4 is 10.9 Å². The SMILES string of the molecule is Cc1nn(CC(=O)NCCCN2CCCCCC2)c(=O)c2cc(-c3ccccc3)nn12. The average molecular weight is 423 g/mol. The van der Waals surface area contributed by atoms with E-state index in [1.165, 1.54) is 30.4 Å². The zero-order chi connectivity index (χ0) is 21.6. The van der Waals surface area contributed by atoms with E-state index in [9.17, 15) is 9.59 Å². The molecule has 31 heavy (non-hydrogen) atoms. The number of hydrogen-bond donors (Lipinski definition) is 1. The van der Waals surface area contributed by atoms with Gasteiger partial charge >= 0.3 is 0 Å². The number of nitrogens with zero attached hydrogens (tertiary/aromatic N) is 5. The number of hydrogen-bond acceptors (Lipinski definition) is 5. The van der Waals surface area contributed by atoms with E-state index >= 15 is 0 Å². The fourth-order valence-corrected chi connectivity index (χ4v) is 4.11. The number of nitrogens with one attached hydrogen (secondary N) is 1. The Morgan fingerprint density at radius 1 is 1.06 bits per heavy atom. The standard InChI is InChI=1S/C23H30N6O2/c1-18-25-28(17-22(30)24-12-9-15-27-13-7-2-3-8-14-27)23(31)21-16-20(26-29(18)21)19-10-5-4-6-11-19/h4-6,10-11,16H,2-3,7-9,12-15,17H2,1H3,(H,24,30). The number of likely N-dealkylation sites (tertiary alicyclic amines) is 1. The molecule has 0 unspecified atom stereocenters. The van der Waals surface area contributed by atoms with Crippen LogP contribution >= 0.6 is 0 Å². The van der Waals surface area contributed by atoms with Crippen LogP contribution in [-0.2, 0) is 11.3 Å². The predicted octanol–water partition coefficient (Wildman–Crippen LogP) is 2.25. The lowest BCUT2D eigenvalue weighted by Gasteiger charge is -2.19. The van der Waals surface area contributed by atoms with Gasteiger partial charge in [0.05, 0.1) is 5.69 Å². The highest BCUT2D eigenvalue weighted by atomic mass is 16.2. The Hall–Kier alpha value is -3.00. The van der Waals surface area contributed by atoms with Crippen LogP contribution in [0.1, 0.15) is 37.9 Å². The van der Waals surface area contributed by atoms with Crippen LogP contribution in [0.3, 0.4) is 0 Å². The number of carbonyl (C=O) groups excluding carboxylic acids is 1. The quantitative estimate of drug-likeness (QED) is 0.591. The van der Waals surface area contributed by atoms with Crippen molar-refractivity contribution in [1.82, 2.24) is 29.6 Å². The van der Waals surface area contributed by atoms with Crippen molar-refractivity contribution in [3.63, 3.8) is 0 Å². The smallest absolute Gasteiger partial charge is 0.293 e. The number of amides is 1. The molecule has 1 fully saturated rings. The van der Waals surface area contributed by atoms with Gasteiger partial charge in [0.2, 0.25) is 5.91 Å². The zero-order valence-corrected chi connectivity index (χ0v) is 18.1. The van der Waals surface area contributed by atoms with E-state index in [0.29, 0.717) is 23.6 Å². The molecule has 1 aromatic carbocycles. The lowest BCUT2D eigenvalue weighted by molar-refractivity contribution is -0.121. The fraction of sp³-hybridized carbons (Fsp3) is 0.478. The summed E-state index contributed by atoms with van der Waals surface area (Å²) in [4.78, 5) is 27.8. The number of aryl methyl sites for hydroxylation is 1. The number of rotatable bonds is 7. The van der Waals surface area contributed by atoms with Crippen molar-refractivity contribution in [1.29, 1.82) is 0 Å². The maximum atomic E-state index is 12.9. The van der Waals surface area contributed by atoms with Crippen LogP contribution in [0.15, 0.2) is 41.2 Å². The zero-order valence-electron chi connectivity index (χ0n) is 18.1. The Bertz CT molecular complexity index is 1080. The molecule has 0 saturated carbocycles. The van der Waals surface area contributed by atoms with Crippen molar-refractivity contribution in [3.8, 4) is 11.3 Å². The molecule has 1 saturated heterocycles. The molecule has 2 aromatic heterocycles. The van der Waals surface area contributed by atoms with Crippen molar-refractivity contribution in [2.75, 3.05) is 26.2 Å². The van der Waals surface area contributed by atoms with Gasteiger partial charge in [0, 0.05) is 12.1 Å². The van der Waals surface area contributed by atoms with E-state index in [1.807, 2.05) is 30.3 Å². The normalized spacial score (nSPS) is 15.1. The summed E-state index contributed by atoms with van der Waals surface area (Å²) in [6, 6.07) is 11.4. The first kappa shape index (κ1) is 21.2. The molecule has 8 nitrogen and oxygen atoms in total. The van der Waals surface area contributed by atoms with Gasteiger partial charge in [-0.05, 0) is 51.9 Å². The molecule has 1 N–H and O–H groups in total. The monoisotopic (exact) mass is 422 g/mol. The first-order valence-corrected chi connectivity index (χ1v) is 11.1. The Kier molecular flexibility index (Phi) is 6.76. The molecule has 8 heteroatoms. The van der Waals surface area contributed by atoms with Crippen LogP contribution in [0, 0.1) is 6.92 Å². The predicted molar refractivity (Wildman–Crippen MR) is 120 cm³/mol. The molecule has 4 rings (SSSR count). The van der Waals surface area contributed by atoms with Gasteiger partial charge < -0.3 is 10.2 Å². The number of fused-ring (bicyclic) bond motifs is 1. The third-order valence-corrected chi connectivity index (χ3v) is 5.77. The number of benzene rings is 1. The lowest BCUT2D eigenvalue weighted by atomic mass is 10.1. The molecule has 1 aliphatic rings. The Morgan fingerprint density at radius 2 is 1.81 bits per heavy atom. The third kappa shape index (κ3) is 5.19. The van der Waals surface area contributed by atoms with E-state index in [1.54, 1.807) is 17.5 Å². The van der Waals surface area contributed by atoms with Gasteiger partial charge in [-0.25, -0.2) is 9.20 Å². The molecule has 0 aliphatic carbocycles. The summed E-state index contributed by atoms with van der Waals surface area (Å²) in [6.07, 6.45) is 6.09.